The first-order valence-electron chi connectivity index (χ1n) is 7.27. The first-order chi connectivity index (χ1) is 8.31. The SMILES string of the molecule is CNC1CCN(C(=O)C2CCCCCC2)CC1.Cl. The molecule has 2 rings (SSSR count). The number of nitrogens with zero attached hydrogens (tertiary/aromatic N) is 1. The van der Waals surface area contributed by atoms with Crippen molar-refractivity contribution in [1.82, 2.24) is 10.2 Å². The molecule has 0 atom stereocenters. The monoisotopic (exact) mass is 274 g/mol. The fourth-order valence-corrected chi connectivity index (χ4v) is 3.17. The molecule has 1 saturated carbocycles. The topological polar surface area (TPSA) is 32.3 Å². The van der Waals surface area contributed by atoms with Gasteiger partial charge in [0.05, 0.1) is 0 Å². The molecule has 0 bridgehead atoms. The Morgan fingerprint density at radius 3 is 2.06 bits per heavy atom. The number of piperidine rings is 1. The zero-order chi connectivity index (χ0) is 12.1. The van der Waals surface area contributed by atoms with E-state index in [9.17, 15) is 4.79 Å². The Kier molecular flexibility index (Phi) is 7.02. The molecule has 1 aliphatic carbocycles. The molecule has 18 heavy (non-hydrogen) atoms. The lowest BCUT2D eigenvalue weighted by molar-refractivity contribution is -0.137. The number of rotatable bonds is 2. The minimum Gasteiger partial charge on any atom is -0.342 e. The van der Waals surface area contributed by atoms with E-state index in [1.807, 2.05) is 7.05 Å². The zero-order valence-electron chi connectivity index (χ0n) is 11.5. The lowest BCUT2D eigenvalue weighted by Crippen LogP contribution is -2.46. The van der Waals surface area contributed by atoms with Gasteiger partial charge in [-0.15, -0.1) is 12.4 Å². The Morgan fingerprint density at radius 2 is 1.56 bits per heavy atom. The van der Waals surface area contributed by atoms with E-state index in [-0.39, 0.29) is 12.4 Å². The van der Waals surface area contributed by atoms with Crippen LogP contribution >= 0.6 is 12.4 Å². The summed E-state index contributed by atoms with van der Waals surface area (Å²) in [5.41, 5.74) is 0. The van der Waals surface area contributed by atoms with Gasteiger partial charge in [-0.05, 0) is 32.7 Å². The van der Waals surface area contributed by atoms with Crippen LogP contribution < -0.4 is 5.32 Å². The van der Waals surface area contributed by atoms with Gasteiger partial charge in [0.1, 0.15) is 0 Å². The number of nitrogens with one attached hydrogen (secondary N) is 1. The second kappa shape index (κ2) is 8.00. The van der Waals surface area contributed by atoms with Gasteiger partial charge in [0, 0.05) is 25.0 Å². The second-order valence-electron chi connectivity index (χ2n) is 5.58. The Balaban J connectivity index is 0.00000162. The number of halogens is 1. The molecular weight excluding hydrogens is 248 g/mol. The molecule has 3 nitrogen and oxygen atoms in total. The smallest absolute Gasteiger partial charge is 0.225 e. The molecule has 1 heterocycles. The fraction of sp³-hybridized carbons (Fsp3) is 0.929. The first kappa shape index (κ1) is 15.8. The lowest BCUT2D eigenvalue weighted by atomic mass is 9.96. The van der Waals surface area contributed by atoms with Crippen LogP contribution in [0.1, 0.15) is 51.4 Å². The Hall–Kier alpha value is -0.280. The van der Waals surface area contributed by atoms with E-state index in [4.69, 9.17) is 0 Å². The van der Waals surface area contributed by atoms with E-state index in [0.29, 0.717) is 17.9 Å². The van der Waals surface area contributed by atoms with Crippen molar-refractivity contribution >= 4 is 18.3 Å². The van der Waals surface area contributed by atoms with Crippen molar-refractivity contribution in [2.45, 2.75) is 57.4 Å². The second-order valence-corrected chi connectivity index (χ2v) is 5.58. The maximum Gasteiger partial charge on any atom is 0.225 e. The number of hydrogen-bond acceptors (Lipinski definition) is 2. The van der Waals surface area contributed by atoms with Crippen molar-refractivity contribution in [3.8, 4) is 0 Å². The Labute approximate surface area is 117 Å². The maximum absolute atomic E-state index is 12.4. The Bertz CT molecular complexity index is 244. The summed E-state index contributed by atoms with van der Waals surface area (Å²) in [6.45, 7) is 1.92. The summed E-state index contributed by atoms with van der Waals surface area (Å²) in [4.78, 5) is 14.5. The number of carbonyl (C=O) groups excluding carboxylic acids is 1. The fourth-order valence-electron chi connectivity index (χ4n) is 3.17. The molecule has 0 radical (unpaired) electrons. The van der Waals surface area contributed by atoms with Crippen LogP contribution in [0.4, 0.5) is 0 Å². The molecule has 1 N–H and O–H groups in total. The van der Waals surface area contributed by atoms with Crippen LogP contribution in [0, 0.1) is 5.92 Å². The van der Waals surface area contributed by atoms with Crippen molar-refractivity contribution in [1.29, 1.82) is 0 Å². The van der Waals surface area contributed by atoms with Gasteiger partial charge in [0.25, 0.3) is 0 Å². The summed E-state index contributed by atoms with van der Waals surface area (Å²) >= 11 is 0. The summed E-state index contributed by atoms with van der Waals surface area (Å²) in [5.74, 6) is 0.782. The van der Waals surface area contributed by atoms with Gasteiger partial charge in [-0.1, -0.05) is 25.7 Å². The van der Waals surface area contributed by atoms with Gasteiger partial charge in [0.15, 0.2) is 0 Å². The van der Waals surface area contributed by atoms with Crippen molar-refractivity contribution < 1.29 is 4.79 Å². The maximum atomic E-state index is 12.4. The van der Waals surface area contributed by atoms with Crippen LogP contribution in [0.25, 0.3) is 0 Å². The lowest BCUT2D eigenvalue weighted by Gasteiger charge is -2.34. The summed E-state index contributed by atoms with van der Waals surface area (Å²) in [6, 6.07) is 0.619. The van der Waals surface area contributed by atoms with Crippen LogP contribution in [0.3, 0.4) is 0 Å². The molecule has 106 valence electrons. The molecule has 4 heteroatoms. The summed E-state index contributed by atoms with van der Waals surface area (Å²) in [7, 11) is 2.02. The van der Waals surface area contributed by atoms with Gasteiger partial charge >= 0.3 is 0 Å². The molecular formula is C14H27ClN2O. The van der Waals surface area contributed by atoms with E-state index in [1.54, 1.807) is 0 Å². The molecule has 0 aromatic rings. The van der Waals surface area contributed by atoms with Crippen LogP contribution in [-0.4, -0.2) is 37.0 Å². The highest BCUT2D eigenvalue weighted by molar-refractivity contribution is 5.85. The standard InChI is InChI=1S/C14H26N2O.ClH/c1-15-13-8-10-16(11-9-13)14(17)12-6-4-2-3-5-7-12;/h12-13,15H,2-11H2,1H3;1H. The third kappa shape index (κ3) is 4.13. The average molecular weight is 275 g/mol. The van der Waals surface area contributed by atoms with Crippen LogP contribution in [0.15, 0.2) is 0 Å². The molecule has 2 fully saturated rings. The van der Waals surface area contributed by atoms with E-state index in [0.717, 1.165) is 38.8 Å². The summed E-state index contributed by atoms with van der Waals surface area (Å²) in [5, 5.41) is 3.31. The largest absolute Gasteiger partial charge is 0.342 e. The van der Waals surface area contributed by atoms with Crippen molar-refractivity contribution in [2.75, 3.05) is 20.1 Å². The number of likely N-dealkylation sites (tertiary alicyclic amines) is 1. The minimum atomic E-state index is 0. The van der Waals surface area contributed by atoms with Crippen LogP contribution in [-0.2, 0) is 4.79 Å². The first-order valence-corrected chi connectivity index (χ1v) is 7.27. The highest BCUT2D eigenvalue weighted by Crippen LogP contribution is 2.25. The zero-order valence-corrected chi connectivity index (χ0v) is 12.3. The van der Waals surface area contributed by atoms with Gasteiger partial charge in [-0.2, -0.15) is 0 Å². The van der Waals surface area contributed by atoms with E-state index >= 15 is 0 Å². The predicted octanol–water partition coefficient (Wildman–Crippen LogP) is 2.59. The molecule has 0 unspecified atom stereocenters. The molecule has 2 aliphatic rings. The summed E-state index contributed by atoms with van der Waals surface area (Å²) < 4.78 is 0. The van der Waals surface area contributed by atoms with Crippen LogP contribution in [0.5, 0.6) is 0 Å². The predicted molar refractivity (Wildman–Crippen MR) is 77.1 cm³/mol. The molecule has 1 saturated heterocycles. The highest BCUT2D eigenvalue weighted by Gasteiger charge is 2.27. The molecule has 0 aromatic carbocycles. The molecule has 0 spiro atoms. The number of carbonyl (C=O) groups is 1. The van der Waals surface area contributed by atoms with Gasteiger partial charge in [-0.25, -0.2) is 0 Å². The molecule has 0 aromatic heterocycles. The average Bonchev–Trinajstić information content (AvgIpc) is 2.67. The van der Waals surface area contributed by atoms with E-state index in [2.05, 4.69) is 10.2 Å². The van der Waals surface area contributed by atoms with Gasteiger partial charge in [0.2, 0.25) is 5.91 Å². The molecule has 1 amide bonds. The number of amides is 1. The summed E-state index contributed by atoms with van der Waals surface area (Å²) in [6.07, 6.45) is 9.66. The quantitative estimate of drug-likeness (QED) is 0.785. The van der Waals surface area contributed by atoms with Crippen molar-refractivity contribution in [3.05, 3.63) is 0 Å². The normalized spacial score (nSPS) is 23.3. The minimum absolute atomic E-state index is 0. The third-order valence-electron chi connectivity index (χ3n) is 4.42. The highest BCUT2D eigenvalue weighted by atomic mass is 35.5. The Morgan fingerprint density at radius 1 is 1.00 bits per heavy atom. The van der Waals surface area contributed by atoms with Crippen molar-refractivity contribution in [3.63, 3.8) is 0 Å². The molecule has 1 aliphatic heterocycles. The third-order valence-corrected chi connectivity index (χ3v) is 4.42. The van der Waals surface area contributed by atoms with E-state index < -0.39 is 0 Å². The van der Waals surface area contributed by atoms with Gasteiger partial charge in [-0.3, -0.25) is 4.79 Å². The van der Waals surface area contributed by atoms with Crippen LogP contribution in [0.2, 0.25) is 0 Å². The van der Waals surface area contributed by atoms with Gasteiger partial charge < -0.3 is 10.2 Å². The van der Waals surface area contributed by atoms with E-state index in [1.165, 1.54) is 25.7 Å². The van der Waals surface area contributed by atoms with Crippen molar-refractivity contribution in [2.24, 2.45) is 5.92 Å². The number of hydrogen-bond donors (Lipinski definition) is 1.